The highest BCUT2D eigenvalue weighted by Crippen LogP contribution is 2.36. The predicted octanol–water partition coefficient (Wildman–Crippen LogP) is 4.94. The number of hydrogen-bond donors (Lipinski definition) is 1. The molecule has 0 saturated heterocycles. The zero-order valence-electron chi connectivity index (χ0n) is 17.9. The number of fused-ring (bicyclic) bond motifs is 3. The second-order valence-electron chi connectivity index (χ2n) is 7.20. The Morgan fingerprint density at radius 2 is 1.47 bits per heavy atom. The van der Waals surface area contributed by atoms with E-state index in [1.54, 1.807) is 30.3 Å². The Kier molecular flexibility index (Phi) is 5.74. The largest absolute Gasteiger partial charge is 0.465 e. The lowest BCUT2D eigenvalue weighted by Gasteiger charge is -2.14. The van der Waals surface area contributed by atoms with Crippen LogP contribution in [0.25, 0.3) is 16.3 Å². The maximum absolute atomic E-state index is 13.5. The van der Waals surface area contributed by atoms with Gasteiger partial charge in [0.05, 0.1) is 31.0 Å². The van der Waals surface area contributed by atoms with E-state index in [-0.39, 0.29) is 16.8 Å². The summed E-state index contributed by atoms with van der Waals surface area (Å²) in [4.78, 5) is 38.9. The van der Waals surface area contributed by atoms with E-state index in [0.29, 0.717) is 10.8 Å². The summed E-state index contributed by atoms with van der Waals surface area (Å²) in [7, 11) is 2.17. The molecule has 0 radical (unpaired) electrons. The monoisotopic (exact) mass is 470 g/mol. The van der Waals surface area contributed by atoms with E-state index in [9.17, 15) is 27.6 Å². The van der Waals surface area contributed by atoms with Crippen molar-refractivity contribution >= 4 is 39.8 Å². The maximum Gasteiger partial charge on any atom is 0.418 e. The van der Waals surface area contributed by atoms with Crippen LogP contribution >= 0.6 is 0 Å². The number of aromatic nitrogens is 1. The first kappa shape index (κ1) is 22.8. The van der Waals surface area contributed by atoms with Crippen molar-refractivity contribution in [1.82, 2.24) is 4.40 Å². The average molecular weight is 470 g/mol. The summed E-state index contributed by atoms with van der Waals surface area (Å²) in [5.74, 6) is -2.98. The van der Waals surface area contributed by atoms with Gasteiger partial charge in [-0.15, -0.1) is 0 Å². The van der Waals surface area contributed by atoms with Crippen LogP contribution in [0.15, 0.2) is 60.8 Å². The molecular weight excluding hydrogens is 453 g/mol. The molecule has 0 bridgehead atoms. The van der Waals surface area contributed by atoms with E-state index < -0.39 is 40.8 Å². The number of anilines is 1. The molecule has 34 heavy (non-hydrogen) atoms. The number of alkyl halides is 3. The number of benzene rings is 2. The van der Waals surface area contributed by atoms with E-state index in [4.69, 9.17) is 9.47 Å². The molecule has 2 aromatic heterocycles. The fourth-order valence-corrected chi connectivity index (χ4v) is 3.86. The van der Waals surface area contributed by atoms with E-state index >= 15 is 0 Å². The number of hydrogen-bond acceptors (Lipinski definition) is 5. The Morgan fingerprint density at radius 1 is 0.853 bits per heavy atom. The molecule has 10 heteroatoms. The van der Waals surface area contributed by atoms with Gasteiger partial charge in [0.25, 0.3) is 5.91 Å². The number of amides is 1. The van der Waals surface area contributed by atoms with Gasteiger partial charge < -0.3 is 19.2 Å². The van der Waals surface area contributed by atoms with Gasteiger partial charge in [-0.1, -0.05) is 36.4 Å². The van der Waals surface area contributed by atoms with E-state index in [2.05, 4.69) is 5.32 Å². The summed E-state index contributed by atoms with van der Waals surface area (Å²) >= 11 is 0. The molecule has 0 aliphatic heterocycles. The molecule has 0 fully saturated rings. The highest BCUT2D eigenvalue weighted by atomic mass is 19.4. The summed E-state index contributed by atoms with van der Waals surface area (Å²) in [6, 6.07) is 13.0. The molecule has 174 valence electrons. The van der Waals surface area contributed by atoms with Gasteiger partial charge in [-0.05, 0) is 23.6 Å². The normalized spacial score (nSPS) is 11.4. The quantitative estimate of drug-likeness (QED) is 0.427. The number of carbonyl (C=O) groups is 3. The van der Waals surface area contributed by atoms with Crippen molar-refractivity contribution in [3.63, 3.8) is 0 Å². The lowest BCUT2D eigenvalue weighted by atomic mass is 10.1. The number of esters is 2. The van der Waals surface area contributed by atoms with Crippen molar-refractivity contribution in [3.8, 4) is 0 Å². The van der Waals surface area contributed by atoms with Crippen LogP contribution in [-0.4, -0.2) is 36.5 Å². The van der Waals surface area contributed by atoms with E-state index in [0.717, 1.165) is 26.4 Å². The SMILES string of the molecule is COC(=O)c1c(C(=O)OC)c2c3ccccc3ccn2c1C(=O)Nc1ccccc1C(F)(F)F. The molecule has 4 rings (SSSR count). The Bertz CT molecular complexity index is 1460. The first-order valence-corrected chi connectivity index (χ1v) is 9.89. The van der Waals surface area contributed by atoms with Gasteiger partial charge in [0, 0.05) is 11.6 Å². The first-order valence-electron chi connectivity index (χ1n) is 9.89. The molecule has 0 aliphatic rings. The van der Waals surface area contributed by atoms with Crippen LogP contribution < -0.4 is 5.32 Å². The fourth-order valence-electron chi connectivity index (χ4n) is 3.86. The summed E-state index contributed by atoms with van der Waals surface area (Å²) < 4.78 is 51.3. The van der Waals surface area contributed by atoms with Gasteiger partial charge in [0.2, 0.25) is 0 Å². The third kappa shape index (κ3) is 3.72. The van der Waals surface area contributed by atoms with Gasteiger partial charge in [-0.2, -0.15) is 13.2 Å². The molecule has 2 aromatic carbocycles. The fraction of sp³-hybridized carbons (Fsp3) is 0.125. The van der Waals surface area contributed by atoms with Crippen molar-refractivity contribution in [2.75, 3.05) is 19.5 Å². The number of pyridine rings is 1. The molecule has 0 aliphatic carbocycles. The lowest BCUT2D eigenvalue weighted by Crippen LogP contribution is -2.21. The van der Waals surface area contributed by atoms with Crippen molar-refractivity contribution in [2.45, 2.75) is 6.18 Å². The number of nitrogens with one attached hydrogen (secondary N) is 1. The van der Waals surface area contributed by atoms with Crippen molar-refractivity contribution in [3.05, 3.63) is 83.2 Å². The molecule has 1 N–H and O–H groups in total. The Labute approximate surface area is 190 Å². The summed E-state index contributed by atoms with van der Waals surface area (Å²) in [6.45, 7) is 0. The Morgan fingerprint density at radius 3 is 2.15 bits per heavy atom. The number of ether oxygens (including phenoxy) is 2. The van der Waals surface area contributed by atoms with Gasteiger partial charge in [-0.3, -0.25) is 4.79 Å². The molecule has 0 saturated carbocycles. The number of rotatable bonds is 4. The number of halogens is 3. The number of para-hydroxylation sites is 1. The molecule has 2 heterocycles. The smallest absolute Gasteiger partial charge is 0.418 e. The minimum atomic E-state index is -4.73. The maximum atomic E-state index is 13.5. The van der Waals surface area contributed by atoms with Gasteiger partial charge in [0.15, 0.2) is 0 Å². The standard InChI is InChI=1S/C24H17F3N2O5/c1-33-22(31)17-18(23(32)34-2)20(29-12-11-13-7-3-4-8-14(13)19(17)29)21(30)28-16-10-6-5-9-15(16)24(25,26)27/h3-12H,1-2H3,(H,28,30). The van der Waals surface area contributed by atoms with Crippen LogP contribution in [0.5, 0.6) is 0 Å². The minimum Gasteiger partial charge on any atom is -0.465 e. The summed E-state index contributed by atoms with van der Waals surface area (Å²) in [6.07, 6.45) is -3.29. The third-order valence-corrected chi connectivity index (χ3v) is 5.30. The predicted molar refractivity (Wildman–Crippen MR) is 117 cm³/mol. The second-order valence-corrected chi connectivity index (χ2v) is 7.20. The Balaban J connectivity index is 2.03. The van der Waals surface area contributed by atoms with E-state index in [1.807, 2.05) is 0 Å². The molecule has 0 unspecified atom stereocenters. The average Bonchev–Trinajstić information content (AvgIpc) is 3.18. The molecule has 0 atom stereocenters. The molecule has 0 spiro atoms. The number of methoxy groups -OCH3 is 2. The topological polar surface area (TPSA) is 86.1 Å². The summed E-state index contributed by atoms with van der Waals surface area (Å²) in [5, 5.41) is 3.44. The Hall–Kier alpha value is -4.34. The van der Waals surface area contributed by atoms with Crippen LogP contribution in [-0.2, 0) is 15.7 Å². The van der Waals surface area contributed by atoms with Gasteiger partial charge in [0.1, 0.15) is 16.8 Å². The molecule has 1 amide bonds. The van der Waals surface area contributed by atoms with Gasteiger partial charge >= 0.3 is 18.1 Å². The van der Waals surface area contributed by atoms with Crippen molar-refractivity contribution in [1.29, 1.82) is 0 Å². The van der Waals surface area contributed by atoms with Crippen LogP contribution in [0.1, 0.15) is 36.8 Å². The molecular formula is C24H17F3N2O5. The lowest BCUT2D eigenvalue weighted by molar-refractivity contribution is -0.136. The minimum absolute atomic E-state index is 0.180. The van der Waals surface area contributed by atoms with Crippen molar-refractivity contribution < 1.29 is 37.0 Å². The van der Waals surface area contributed by atoms with Gasteiger partial charge in [-0.25, -0.2) is 9.59 Å². The number of carbonyl (C=O) groups excluding carboxylic acids is 3. The number of nitrogens with zero attached hydrogens (tertiary/aromatic N) is 1. The van der Waals surface area contributed by atoms with E-state index in [1.165, 1.54) is 22.7 Å². The third-order valence-electron chi connectivity index (χ3n) is 5.30. The summed E-state index contributed by atoms with van der Waals surface area (Å²) in [5.41, 5.74) is -2.42. The van der Waals surface area contributed by atoms with Crippen LogP contribution in [0.4, 0.5) is 18.9 Å². The zero-order chi connectivity index (χ0) is 24.6. The highest BCUT2D eigenvalue weighted by Gasteiger charge is 2.36. The zero-order valence-corrected chi connectivity index (χ0v) is 17.9. The van der Waals surface area contributed by atoms with Crippen LogP contribution in [0.3, 0.4) is 0 Å². The molecule has 4 aromatic rings. The van der Waals surface area contributed by atoms with Crippen molar-refractivity contribution in [2.24, 2.45) is 0 Å². The second kappa shape index (κ2) is 8.54. The highest BCUT2D eigenvalue weighted by molar-refractivity contribution is 6.21. The molecule has 7 nitrogen and oxygen atoms in total. The van der Waals surface area contributed by atoms with Crippen LogP contribution in [0.2, 0.25) is 0 Å². The van der Waals surface area contributed by atoms with Crippen LogP contribution in [0, 0.1) is 0 Å². The first-order chi connectivity index (χ1) is 16.2.